The Morgan fingerprint density at radius 1 is 1.48 bits per heavy atom. The fourth-order valence-electron chi connectivity index (χ4n) is 2.50. The molecule has 110 valence electrons. The molecular formula is C15H16ClN3OS. The van der Waals surface area contributed by atoms with Crippen LogP contribution in [0.15, 0.2) is 29.8 Å². The van der Waals surface area contributed by atoms with Gasteiger partial charge < -0.3 is 10.2 Å². The van der Waals surface area contributed by atoms with Gasteiger partial charge in [0.25, 0.3) is 0 Å². The molecule has 0 bridgehead atoms. The van der Waals surface area contributed by atoms with E-state index in [4.69, 9.17) is 11.6 Å². The van der Waals surface area contributed by atoms with Crippen LogP contribution < -0.4 is 5.32 Å². The Balaban J connectivity index is 1.54. The van der Waals surface area contributed by atoms with Crippen molar-refractivity contribution in [3.63, 3.8) is 0 Å². The highest BCUT2D eigenvalue weighted by Gasteiger charge is 2.21. The van der Waals surface area contributed by atoms with E-state index in [1.807, 2.05) is 28.5 Å². The Morgan fingerprint density at radius 2 is 2.38 bits per heavy atom. The molecule has 0 aliphatic carbocycles. The minimum absolute atomic E-state index is 0.0165. The van der Waals surface area contributed by atoms with Gasteiger partial charge in [0.2, 0.25) is 0 Å². The molecule has 2 heterocycles. The van der Waals surface area contributed by atoms with E-state index in [2.05, 4.69) is 10.3 Å². The first kappa shape index (κ1) is 14.4. The highest BCUT2D eigenvalue weighted by Crippen LogP contribution is 2.25. The van der Waals surface area contributed by atoms with Gasteiger partial charge in [-0.3, -0.25) is 0 Å². The Kier molecular flexibility index (Phi) is 4.41. The fourth-order valence-corrected chi connectivity index (χ4v) is 3.41. The van der Waals surface area contributed by atoms with E-state index in [-0.39, 0.29) is 6.03 Å². The Bertz CT molecular complexity index is 630. The highest BCUT2D eigenvalue weighted by molar-refractivity contribution is 7.09. The van der Waals surface area contributed by atoms with Crippen molar-refractivity contribution < 1.29 is 4.79 Å². The lowest BCUT2D eigenvalue weighted by Gasteiger charge is -2.29. The van der Waals surface area contributed by atoms with Crippen molar-refractivity contribution in [3.8, 4) is 0 Å². The SMILES string of the molecule is O=C(NCCc1nccs1)N1CCc2c(Cl)cccc2C1. The molecule has 0 saturated heterocycles. The van der Waals surface area contributed by atoms with Crippen molar-refractivity contribution in [2.24, 2.45) is 0 Å². The maximum absolute atomic E-state index is 12.2. The number of fused-ring (bicyclic) bond motifs is 1. The van der Waals surface area contributed by atoms with Gasteiger partial charge in [0, 0.05) is 42.7 Å². The van der Waals surface area contributed by atoms with Crippen LogP contribution in [0.3, 0.4) is 0 Å². The van der Waals surface area contributed by atoms with Crippen LogP contribution in [0, 0.1) is 0 Å². The maximum atomic E-state index is 12.2. The summed E-state index contributed by atoms with van der Waals surface area (Å²) in [4.78, 5) is 18.2. The summed E-state index contributed by atoms with van der Waals surface area (Å²) in [6.45, 7) is 1.95. The molecule has 1 aliphatic heterocycles. The number of hydrogen-bond acceptors (Lipinski definition) is 3. The standard InChI is InChI=1S/C15H16ClN3OS/c16-13-3-1-2-11-10-19(8-5-12(11)13)15(20)18-6-4-14-17-7-9-21-14/h1-3,7,9H,4-6,8,10H2,(H,18,20). The van der Waals surface area contributed by atoms with Gasteiger partial charge in [0.1, 0.15) is 0 Å². The van der Waals surface area contributed by atoms with E-state index in [9.17, 15) is 4.79 Å². The van der Waals surface area contributed by atoms with Crippen LogP contribution in [-0.2, 0) is 19.4 Å². The van der Waals surface area contributed by atoms with Crippen LogP contribution in [0.4, 0.5) is 4.79 Å². The molecule has 1 aromatic heterocycles. The molecule has 4 nitrogen and oxygen atoms in total. The minimum Gasteiger partial charge on any atom is -0.338 e. The minimum atomic E-state index is -0.0165. The lowest BCUT2D eigenvalue weighted by Crippen LogP contribution is -2.43. The third kappa shape index (κ3) is 3.36. The number of nitrogens with one attached hydrogen (secondary N) is 1. The number of benzene rings is 1. The number of thiazole rings is 1. The molecule has 0 saturated carbocycles. The Labute approximate surface area is 132 Å². The van der Waals surface area contributed by atoms with E-state index in [1.54, 1.807) is 17.5 Å². The van der Waals surface area contributed by atoms with Crippen LogP contribution in [0.1, 0.15) is 16.1 Å². The summed E-state index contributed by atoms with van der Waals surface area (Å²) >= 11 is 7.80. The predicted molar refractivity (Wildman–Crippen MR) is 84.8 cm³/mol. The number of carbonyl (C=O) groups excluding carboxylic acids is 1. The van der Waals surface area contributed by atoms with Gasteiger partial charge in [-0.05, 0) is 23.6 Å². The first-order chi connectivity index (χ1) is 10.2. The molecule has 2 aromatic rings. The second-order valence-corrected chi connectivity index (χ2v) is 6.34. The summed E-state index contributed by atoms with van der Waals surface area (Å²) in [6.07, 6.45) is 3.38. The molecule has 1 aromatic carbocycles. The zero-order chi connectivity index (χ0) is 14.7. The van der Waals surface area contributed by atoms with Crippen LogP contribution in [-0.4, -0.2) is 29.0 Å². The van der Waals surface area contributed by atoms with Gasteiger partial charge in [-0.1, -0.05) is 23.7 Å². The summed E-state index contributed by atoms with van der Waals surface area (Å²) in [5, 5.41) is 6.75. The summed E-state index contributed by atoms with van der Waals surface area (Å²) in [7, 11) is 0. The van der Waals surface area contributed by atoms with Crippen LogP contribution >= 0.6 is 22.9 Å². The van der Waals surface area contributed by atoms with Gasteiger partial charge in [0.05, 0.1) is 5.01 Å². The Morgan fingerprint density at radius 3 is 3.19 bits per heavy atom. The van der Waals surface area contributed by atoms with Gasteiger partial charge in [0.15, 0.2) is 0 Å². The topological polar surface area (TPSA) is 45.2 Å². The van der Waals surface area contributed by atoms with E-state index in [1.165, 1.54) is 5.56 Å². The number of carbonyl (C=O) groups is 1. The number of urea groups is 1. The number of amides is 2. The zero-order valence-electron chi connectivity index (χ0n) is 11.5. The molecule has 6 heteroatoms. The average molecular weight is 322 g/mol. The van der Waals surface area contributed by atoms with Crippen molar-refractivity contribution in [1.82, 2.24) is 15.2 Å². The number of halogens is 1. The van der Waals surface area contributed by atoms with Gasteiger partial charge in [-0.15, -0.1) is 11.3 Å². The third-order valence-electron chi connectivity index (χ3n) is 3.59. The largest absolute Gasteiger partial charge is 0.338 e. The zero-order valence-corrected chi connectivity index (χ0v) is 13.1. The number of rotatable bonds is 3. The smallest absolute Gasteiger partial charge is 0.317 e. The number of aromatic nitrogens is 1. The van der Waals surface area contributed by atoms with Crippen molar-refractivity contribution in [2.75, 3.05) is 13.1 Å². The predicted octanol–water partition coefficient (Wildman–Crippen LogP) is 3.11. The maximum Gasteiger partial charge on any atom is 0.317 e. The highest BCUT2D eigenvalue weighted by atomic mass is 35.5. The molecule has 0 unspecified atom stereocenters. The van der Waals surface area contributed by atoms with E-state index >= 15 is 0 Å². The lowest BCUT2D eigenvalue weighted by molar-refractivity contribution is 0.192. The summed E-state index contributed by atoms with van der Waals surface area (Å²) in [6, 6.07) is 5.86. The molecule has 0 radical (unpaired) electrons. The van der Waals surface area contributed by atoms with Crippen molar-refractivity contribution in [3.05, 3.63) is 50.9 Å². The van der Waals surface area contributed by atoms with Crippen molar-refractivity contribution in [2.45, 2.75) is 19.4 Å². The van der Waals surface area contributed by atoms with Gasteiger partial charge >= 0.3 is 6.03 Å². The molecule has 21 heavy (non-hydrogen) atoms. The van der Waals surface area contributed by atoms with Gasteiger partial charge in [-0.2, -0.15) is 0 Å². The lowest BCUT2D eigenvalue weighted by atomic mass is 10.00. The number of hydrogen-bond donors (Lipinski definition) is 1. The van der Waals surface area contributed by atoms with Crippen LogP contribution in [0.2, 0.25) is 5.02 Å². The summed E-state index contributed by atoms with van der Waals surface area (Å²) < 4.78 is 0. The van der Waals surface area contributed by atoms with Crippen LogP contribution in [0.25, 0.3) is 0 Å². The van der Waals surface area contributed by atoms with Gasteiger partial charge in [-0.25, -0.2) is 9.78 Å². The van der Waals surface area contributed by atoms with Crippen molar-refractivity contribution >= 4 is 29.0 Å². The third-order valence-corrected chi connectivity index (χ3v) is 4.79. The summed E-state index contributed by atoms with van der Waals surface area (Å²) in [5.74, 6) is 0. The van der Waals surface area contributed by atoms with E-state index in [0.717, 1.165) is 28.4 Å². The molecule has 3 rings (SSSR count). The molecule has 0 spiro atoms. The first-order valence-corrected chi connectivity index (χ1v) is 8.17. The molecular weight excluding hydrogens is 306 g/mol. The molecule has 2 amide bonds. The normalized spacial score (nSPS) is 13.9. The van der Waals surface area contributed by atoms with Crippen LogP contribution in [0.5, 0.6) is 0 Å². The van der Waals surface area contributed by atoms with E-state index < -0.39 is 0 Å². The quantitative estimate of drug-likeness (QED) is 0.944. The molecule has 0 atom stereocenters. The Hall–Kier alpha value is -1.59. The second kappa shape index (κ2) is 6.45. The number of nitrogens with zero attached hydrogens (tertiary/aromatic N) is 2. The molecule has 1 aliphatic rings. The fraction of sp³-hybridized carbons (Fsp3) is 0.333. The summed E-state index contributed by atoms with van der Waals surface area (Å²) in [5.41, 5.74) is 2.31. The first-order valence-electron chi connectivity index (χ1n) is 6.91. The second-order valence-electron chi connectivity index (χ2n) is 4.96. The monoisotopic (exact) mass is 321 g/mol. The molecule has 1 N–H and O–H groups in total. The average Bonchev–Trinajstić information content (AvgIpc) is 3.00. The molecule has 0 fully saturated rings. The van der Waals surface area contributed by atoms with E-state index in [0.29, 0.717) is 19.6 Å². The van der Waals surface area contributed by atoms with Crippen molar-refractivity contribution in [1.29, 1.82) is 0 Å².